The second-order valence-corrected chi connectivity index (χ2v) is 8.13. The number of carbonyl (C=O) groups excluding carboxylic acids is 1. The van der Waals surface area contributed by atoms with E-state index in [2.05, 4.69) is 14.1 Å². The first-order chi connectivity index (χ1) is 11.4. The number of halogens is 1. The number of hydrogen-bond donors (Lipinski definition) is 1. The van der Waals surface area contributed by atoms with Crippen LogP contribution in [0.25, 0.3) is 0 Å². The van der Waals surface area contributed by atoms with Crippen molar-refractivity contribution in [3.63, 3.8) is 0 Å². The summed E-state index contributed by atoms with van der Waals surface area (Å²) in [4.78, 5) is 13.1. The molecule has 1 aromatic carbocycles. The van der Waals surface area contributed by atoms with E-state index in [9.17, 15) is 9.90 Å². The first-order valence-electron chi connectivity index (χ1n) is 9.23. The molecule has 1 heterocycles. The Labute approximate surface area is 161 Å². The summed E-state index contributed by atoms with van der Waals surface area (Å²) in [6, 6.07) is 9.38. The fourth-order valence-corrected chi connectivity index (χ4v) is 4.30. The normalized spacial score (nSPS) is 25.6. The predicted octanol–water partition coefficient (Wildman–Crippen LogP) is -0.150. The number of hydrogen-bond acceptors (Lipinski definition) is 3. The number of rotatable bonds is 4. The summed E-state index contributed by atoms with van der Waals surface area (Å²) >= 11 is 0. The van der Waals surface area contributed by atoms with Crippen molar-refractivity contribution in [2.24, 2.45) is 5.92 Å². The highest BCUT2D eigenvalue weighted by atomic mass is 79.9. The van der Waals surface area contributed by atoms with Gasteiger partial charge in [-0.15, -0.1) is 0 Å². The third-order valence-corrected chi connectivity index (χ3v) is 5.75. The molecule has 2 atom stereocenters. The van der Waals surface area contributed by atoms with Crippen molar-refractivity contribution in [2.45, 2.75) is 50.2 Å². The molecule has 0 unspecified atom stereocenters. The van der Waals surface area contributed by atoms with E-state index < -0.39 is 11.6 Å². The van der Waals surface area contributed by atoms with E-state index in [1.807, 2.05) is 30.3 Å². The van der Waals surface area contributed by atoms with Crippen LogP contribution in [0.4, 0.5) is 0 Å². The van der Waals surface area contributed by atoms with E-state index >= 15 is 0 Å². The van der Waals surface area contributed by atoms with Gasteiger partial charge in [0.15, 0.2) is 11.7 Å². The Balaban J connectivity index is 0.00000225. The molecule has 0 amide bonds. The second-order valence-electron chi connectivity index (χ2n) is 8.13. The smallest absolute Gasteiger partial charge is 0.343 e. The Morgan fingerprint density at radius 2 is 1.76 bits per heavy atom. The standard InChI is InChI=1S/C20H30NO3.BrH/c1-21(2)14-13-18(15-21)24-19(22)20(23,16-9-5-3-6-10-16)17-11-7-4-8-12-17;/h3,5-6,9-10,17-18,23H,4,7-8,11-15H2,1-2H3;1H/q+1;/p-1/t18-,20+;/m0./s1. The van der Waals surface area contributed by atoms with Gasteiger partial charge in [-0.1, -0.05) is 49.6 Å². The average Bonchev–Trinajstić information content (AvgIpc) is 2.94. The van der Waals surface area contributed by atoms with Gasteiger partial charge in [-0.3, -0.25) is 0 Å². The molecule has 25 heavy (non-hydrogen) atoms. The lowest BCUT2D eigenvalue weighted by Gasteiger charge is -2.37. The number of ether oxygens (including phenoxy) is 1. The van der Waals surface area contributed by atoms with Gasteiger partial charge >= 0.3 is 5.97 Å². The van der Waals surface area contributed by atoms with Crippen LogP contribution in [0, 0.1) is 5.92 Å². The Morgan fingerprint density at radius 3 is 2.32 bits per heavy atom. The van der Waals surface area contributed by atoms with Crippen molar-refractivity contribution >= 4 is 5.97 Å². The van der Waals surface area contributed by atoms with E-state index in [0.717, 1.165) is 49.7 Å². The molecule has 0 radical (unpaired) electrons. The van der Waals surface area contributed by atoms with Gasteiger partial charge in [0, 0.05) is 12.3 Å². The zero-order valence-corrected chi connectivity index (χ0v) is 16.9. The molecule has 1 saturated carbocycles. The molecular formula is C20H30BrNO3. The number of quaternary nitrogens is 1. The molecule has 1 saturated heterocycles. The maximum atomic E-state index is 13.1. The predicted molar refractivity (Wildman–Crippen MR) is 93.3 cm³/mol. The van der Waals surface area contributed by atoms with Gasteiger partial charge < -0.3 is 31.3 Å². The Morgan fingerprint density at radius 1 is 1.12 bits per heavy atom. The zero-order chi connectivity index (χ0) is 17.2. The monoisotopic (exact) mass is 411 g/mol. The summed E-state index contributed by atoms with van der Waals surface area (Å²) in [5, 5.41) is 11.5. The molecule has 140 valence electrons. The third kappa shape index (κ3) is 4.44. The molecule has 3 rings (SSSR count). The van der Waals surface area contributed by atoms with Crippen LogP contribution in [-0.2, 0) is 15.1 Å². The molecule has 0 aromatic heterocycles. The quantitative estimate of drug-likeness (QED) is 0.553. The minimum Gasteiger partial charge on any atom is -1.00 e. The van der Waals surface area contributed by atoms with E-state index in [1.54, 1.807) is 0 Å². The average molecular weight is 412 g/mol. The molecule has 4 nitrogen and oxygen atoms in total. The van der Waals surface area contributed by atoms with Crippen molar-refractivity contribution in [1.29, 1.82) is 0 Å². The van der Waals surface area contributed by atoms with Crippen molar-refractivity contribution in [3.05, 3.63) is 35.9 Å². The van der Waals surface area contributed by atoms with Crippen LogP contribution in [0.5, 0.6) is 0 Å². The van der Waals surface area contributed by atoms with E-state index in [-0.39, 0.29) is 29.0 Å². The summed E-state index contributed by atoms with van der Waals surface area (Å²) in [5.74, 6) is -0.502. The summed E-state index contributed by atoms with van der Waals surface area (Å²) in [6.07, 6.45) is 5.87. The lowest BCUT2D eigenvalue weighted by Crippen LogP contribution is -3.00. The number of esters is 1. The molecule has 1 aliphatic heterocycles. The van der Waals surface area contributed by atoms with Crippen molar-refractivity contribution in [1.82, 2.24) is 0 Å². The van der Waals surface area contributed by atoms with Crippen molar-refractivity contribution in [2.75, 3.05) is 27.2 Å². The maximum absolute atomic E-state index is 13.1. The molecule has 1 aromatic rings. The number of carbonyl (C=O) groups is 1. The van der Waals surface area contributed by atoms with Crippen molar-refractivity contribution < 1.29 is 36.1 Å². The number of likely N-dealkylation sites (tertiary alicyclic amines) is 1. The first kappa shape index (κ1) is 20.4. The van der Waals surface area contributed by atoms with Crippen LogP contribution in [0.1, 0.15) is 44.1 Å². The molecule has 2 fully saturated rings. The van der Waals surface area contributed by atoms with Crippen LogP contribution < -0.4 is 17.0 Å². The molecule has 0 spiro atoms. The SMILES string of the molecule is C[N+]1(C)CC[C@H](OC(=O)[C@@](O)(c2ccccc2)C2CCCCC2)C1.[Br-]. The maximum Gasteiger partial charge on any atom is 0.343 e. The van der Waals surface area contributed by atoms with Gasteiger partial charge in [-0.2, -0.15) is 0 Å². The van der Waals surface area contributed by atoms with Crippen LogP contribution in [0.3, 0.4) is 0 Å². The molecule has 1 N–H and O–H groups in total. The van der Waals surface area contributed by atoms with Crippen LogP contribution >= 0.6 is 0 Å². The van der Waals surface area contributed by atoms with Gasteiger partial charge in [-0.25, -0.2) is 4.79 Å². The third-order valence-electron chi connectivity index (χ3n) is 5.75. The largest absolute Gasteiger partial charge is 1.00 e. The van der Waals surface area contributed by atoms with E-state index in [1.165, 1.54) is 6.42 Å². The molecule has 2 aliphatic rings. The van der Waals surface area contributed by atoms with Crippen LogP contribution in [0.2, 0.25) is 0 Å². The molecule has 5 heteroatoms. The molecule has 0 bridgehead atoms. The number of aliphatic hydroxyl groups is 1. The highest BCUT2D eigenvalue weighted by Gasteiger charge is 2.48. The summed E-state index contributed by atoms with van der Waals surface area (Å²) in [6.45, 7) is 1.83. The highest BCUT2D eigenvalue weighted by molar-refractivity contribution is 5.81. The first-order valence-corrected chi connectivity index (χ1v) is 9.23. The van der Waals surface area contributed by atoms with Gasteiger partial charge in [0.25, 0.3) is 0 Å². The minimum absolute atomic E-state index is 0. The number of benzene rings is 1. The summed E-state index contributed by atoms with van der Waals surface area (Å²) < 4.78 is 6.68. The van der Waals surface area contributed by atoms with Crippen LogP contribution in [-0.4, -0.2) is 48.8 Å². The Hall–Kier alpha value is -0.910. The van der Waals surface area contributed by atoms with Gasteiger partial charge in [0.05, 0.1) is 20.6 Å². The van der Waals surface area contributed by atoms with E-state index in [0.29, 0.717) is 5.56 Å². The topological polar surface area (TPSA) is 46.5 Å². The Bertz CT molecular complexity index is 572. The zero-order valence-electron chi connectivity index (χ0n) is 15.3. The van der Waals surface area contributed by atoms with E-state index in [4.69, 9.17) is 4.74 Å². The summed E-state index contributed by atoms with van der Waals surface area (Å²) in [5.41, 5.74) is -0.838. The number of likely N-dealkylation sites (N-methyl/N-ethyl adjacent to an activating group) is 1. The Kier molecular flexibility index (Phi) is 6.68. The van der Waals surface area contributed by atoms with Gasteiger partial charge in [-0.05, 0) is 18.4 Å². The van der Waals surface area contributed by atoms with Crippen LogP contribution in [0.15, 0.2) is 30.3 Å². The molecular weight excluding hydrogens is 382 g/mol. The summed E-state index contributed by atoms with van der Waals surface area (Å²) in [7, 11) is 4.30. The second kappa shape index (κ2) is 8.19. The fourth-order valence-electron chi connectivity index (χ4n) is 4.30. The lowest BCUT2D eigenvalue weighted by atomic mass is 9.73. The number of nitrogens with zero attached hydrogens (tertiary/aromatic N) is 1. The van der Waals surface area contributed by atoms with Gasteiger partial charge in [0.1, 0.15) is 6.54 Å². The van der Waals surface area contributed by atoms with Crippen molar-refractivity contribution in [3.8, 4) is 0 Å². The van der Waals surface area contributed by atoms with Gasteiger partial charge in [0.2, 0.25) is 0 Å². The minimum atomic E-state index is -1.51. The highest BCUT2D eigenvalue weighted by Crippen LogP contribution is 2.40. The fraction of sp³-hybridized carbons (Fsp3) is 0.650. The lowest BCUT2D eigenvalue weighted by molar-refractivity contribution is -0.879. The molecule has 1 aliphatic carbocycles.